The molecular weight excluding hydrogens is 178 g/mol. The van der Waals surface area contributed by atoms with Crippen molar-refractivity contribution in [1.29, 1.82) is 0 Å². The Balaban J connectivity index is 2.45. The van der Waals surface area contributed by atoms with Crippen molar-refractivity contribution in [2.24, 2.45) is 11.7 Å². The predicted molar refractivity (Wildman–Crippen MR) is 57.0 cm³/mol. The zero-order chi connectivity index (χ0) is 10.9. The molecule has 1 aliphatic rings. The van der Waals surface area contributed by atoms with Gasteiger partial charge in [-0.2, -0.15) is 0 Å². The number of nitrogens with two attached hydrogens (primary N) is 1. The average molecular weight is 199 g/mol. The quantitative estimate of drug-likeness (QED) is 0.712. The first-order valence-electron chi connectivity index (χ1n) is 5.19. The zero-order valence-electron chi connectivity index (χ0n) is 9.58. The van der Waals surface area contributed by atoms with E-state index in [1.54, 1.807) is 4.90 Å². The van der Waals surface area contributed by atoms with Crippen LogP contribution in [-0.4, -0.2) is 48.1 Å². The highest BCUT2D eigenvalue weighted by molar-refractivity contribution is 5.75. The first-order valence-corrected chi connectivity index (χ1v) is 5.19. The molecule has 2 amide bonds. The van der Waals surface area contributed by atoms with Gasteiger partial charge < -0.3 is 15.5 Å². The lowest BCUT2D eigenvalue weighted by molar-refractivity contribution is 0.0513. The summed E-state index contributed by atoms with van der Waals surface area (Å²) in [4.78, 5) is 15.2. The number of hydrogen-bond acceptors (Lipinski definition) is 2. The average Bonchev–Trinajstić information content (AvgIpc) is 2.10. The van der Waals surface area contributed by atoms with Crippen LogP contribution in [0, 0.1) is 5.92 Å². The molecule has 0 spiro atoms. The van der Waals surface area contributed by atoms with Crippen LogP contribution in [0.15, 0.2) is 0 Å². The van der Waals surface area contributed by atoms with Crippen molar-refractivity contribution in [3.63, 3.8) is 0 Å². The molecule has 4 heteroatoms. The van der Waals surface area contributed by atoms with Crippen molar-refractivity contribution in [2.75, 3.05) is 26.7 Å². The second kappa shape index (κ2) is 3.77. The molecule has 1 aliphatic heterocycles. The third-order valence-electron chi connectivity index (χ3n) is 3.19. The standard InChI is InChI=1S/C10H21N3O/c1-5-12(4)9(14)13-6-10(11,7-13)8(2)3/h8H,5-7,11H2,1-4H3. The summed E-state index contributed by atoms with van der Waals surface area (Å²) in [5, 5.41) is 0. The van der Waals surface area contributed by atoms with E-state index in [0.29, 0.717) is 19.0 Å². The Morgan fingerprint density at radius 1 is 1.57 bits per heavy atom. The van der Waals surface area contributed by atoms with Crippen LogP contribution in [0.4, 0.5) is 4.79 Å². The third-order valence-corrected chi connectivity index (χ3v) is 3.19. The van der Waals surface area contributed by atoms with Crippen LogP contribution in [0.5, 0.6) is 0 Å². The van der Waals surface area contributed by atoms with Crippen LogP contribution >= 0.6 is 0 Å². The van der Waals surface area contributed by atoms with Crippen molar-refractivity contribution in [1.82, 2.24) is 9.80 Å². The molecule has 0 aromatic heterocycles. The molecule has 0 aromatic rings. The highest BCUT2D eigenvalue weighted by Gasteiger charge is 2.44. The highest BCUT2D eigenvalue weighted by atomic mass is 16.2. The Morgan fingerprint density at radius 3 is 2.43 bits per heavy atom. The van der Waals surface area contributed by atoms with E-state index in [1.165, 1.54) is 0 Å². The molecule has 82 valence electrons. The lowest BCUT2D eigenvalue weighted by atomic mass is 9.80. The Bertz CT molecular complexity index is 221. The fourth-order valence-corrected chi connectivity index (χ4v) is 1.54. The van der Waals surface area contributed by atoms with Gasteiger partial charge in [-0.3, -0.25) is 0 Å². The largest absolute Gasteiger partial charge is 0.328 e. The summed E-state index contributed by atoms with van der Waals surface area (Å²) in [6, 6.07) is 0.0919. The van der Waals surface area contributed by atoms with Gasteiger partial charge in [0.2, 0.25) is 0 Å². The maximum absolute atomic E-state index is 11.7. The van der Waals surface area contributed by atoms with E-state index >= 15 is 0 Å². The van der Waals surface area contributed by atoms with Gasteiger partial charge in [-0.15, -0.1) is 0 Å². The van der Waals surface area contributed by atoms with Gasteiger partial charge in [0.25, 0.3) is 0 Å². The highest BCUT2D eigenvalue weighted by Crippen LogP contribution is 2.26. The van der Waals surface area contributed by atoms with Crippen molar-refractivity contribution >= 4 is 6.03 Å². The van der Waals surface area contributed by atoms with Crippen molar-refractivity contribution < 1.29 is 4.79 Å². The summed E-state index contributed by atoms with van der Waals surface area (Å²) in [5.41, 5.74) is 5.94. The molecule has 0 aromatic carbocycles. The third kappa shape index (κ3) is 1.85. The first kappa shape index (κ1) is 11.3. The Kier molecular flexibility index (Phi) is 3.04. The molecule has 2 N–H and O–H groups in total. The fourth-order valence-electron chi connectivity index (χ4n) is 1.54. The van der Waals surface area contributed by atoms with E-state index in [9.17, 15) is 4.79 Å². The van der Waals surface area contributed by atoms with Gasteiger partial charge in [0.1, 0.15) is 0 Å². The van der Waals surface area contributed by atoms with Crippen LogP contribution in [0.25, 0.3) is 0 Å². The molecule has 0 aliphatic carbocycles. The molecule has 14 heavy (non-hydrogen) atoms. The lowest BCUT2D eigenvalue weighted by Crippen LogP contribution is -2.72. The molecule has 0 unspecified atom stereocenters. The maximum atomic E-state index is 11.7. The minimum Gasteiger partial charge on any atom is -0.328 e. The number of carbonyl (C=O) groups excluding carboxylic acids is 1. The molecule has 0 bridgehead atoms. The van der Waals surface area contributed by atoms with Crippen LogP contribution < -0.4 is 5.73 Å². The van der Waals surface area contributed by atoms with Crippen LogP contribution in [0.1, 0.15) is 20.8 Å². The van der Waals surface area contributed by atoms with E-state index in [1.807, 2.05) is 18.9 Å². The second-order valence-electron chi connectivity index (χ2n) is 4.54. The van der Waals surface area contributed by atoms with E-state index in [0.717, 1.165) is 6.54 Å². The maximum Gasteiger partial charge on any atom is 0.319 e. The van der Waals surface area contributed by atoms with Gasteiger partial charge in [-0.05, 0) is 12.8 Å². The Hall–Kier alpha value is -0.770. The molecule has 0 radical (unpaired) electrons. The van der Waals surface area contributed by atoms with Gasteiger partial charge in [-0.25, -0.2) is 4.79 Å². The number of rotatable bonds is 2. The van der Waals surface area contributed by atoms with Crippen LogP contribution in [-0.2, 0) is 0 Å². The first-order chi connectivity index (χ1) is 6.40. The summed E-state index contributed by atoms with van der Waals surface area (Å²) < 4.78 is 0. The number of urea groups is 1. The van der Waals surface area contributed by atoms with E-state index < -0.39 is 0 Å². The normalized spacial score (nSPS) is 19.4. The summed E-state index contributed by atoms with van der Waals surface area (Å²) in [5.74, 6) is 0.429. The summed E-state index contributed by atoms with van der Waals surface area (Å²) >= 11 is 0. The minimum absolute atomic E-state index is 0.0919. The van der Waals surface area contributed by atoms with Crippen molar-refractivity contribution in [3.8, 4) is 0 Å². The number of amides is 2. The molecule has 1 saturated heterocycles. The Labute approximate surface area is 86.0 Å². The molecule has 0 saturated carbocycles. The molecule has 1 rings (SSSR count). The lowest BCUT2D eigenvalue weighted by Gasteiger charge is -2.51. The van der Waals surface area contributed by atoms with Crippen LogP contribution in [0.2, 0.25) is 0 Å². The minimum atomic E-state index is -0.162. The number of nitrogens with zero attached hydrogens (tertiary/aromatic N) is 2. The Morgan fingerprint density at radius 2 is 2.07 bits per heavy atom. The van der Waals surface area contributed by atoms with Crippen molar-refractivity contribution in [3.05, 3.63) is 0 Å². The number of likely N-dealkylation sites (tertiary alicyclic amines) is 1. The monoisotopic (exact) mass is 199 g/mol. The zero-order valence-corrected chi connectivity index (χ0v) is 9.58. The summed E-state index contributed by atoms with van der Waals surface area (Å²) in [7, 11) is 1.81. The van der Waals surface area contributed by atoms with Gasteiger partial charge in [-0.1, -0.05) is 13.8 Å². The second-order valence-corrected chi connectivity index (χ2v) is 4.54. The predicted octanol–water partition coefficient (Wildman–Crippen LogP) is 0.727. The number of hydrogen-bond donors (Lipinski definition) is 1. The van der Waals surface area contributed by atoms with Gasteiger partial charge >= 0.3 is 6.03 Å². The smallest absolute Gasteiger partial charge is 0.319 e. The summed E-state index contributed by atoms with van der Waals surface area (Å²) in [6.45, 7) is 8.29. The van der Waals surface area contributed by atoms with Gasteiger partial charge in [0, 0.05) is 26.7 Å². The van der Waals surface area contributed by atoms with Gasteiger partial charge in [0.15, 0.2) is 0 Å². The molecule has 1 heterocycles. The van der Waals surface area contributed by atoms with E-state index in [4.69, 9.17) is 5.73 Å². The fraction of sp³-hybridized carbons (Fsp3) is 0.900. The van der Waals surface area contributed by atoms with Gasteiger partial charge in [0.05, 0.1) is 5.54 Å². The SMILES string of the molecule is CCN(C)C(=O)N1CC(N)(C(C)C)C1. The topological polar surface area (TPSA) is 49.6 Å². The van der Waals surface area contributed by atoms with E-state index in [-0.39, 0.29) is 11.6 Å². The molecule has 0 atom stereocenters. The molecule has 4 nitrogen and oxygen atoms in total. The number of carbonyl (C=O) groups is 1. The van der Waals surface area contributed by atoms with E-state index in [2.05, 4.69) is 13.8 Å². The van der Waals surface area contributed by atoms with Crippen molar-refractivity contribution in [2.45, 2.75) is 26.3 Å². The molecule has 1 fully saturated rings. The van der Waals surface area contributed by atoms with Crippen LogP contribution in [0.3, 0.4) is 0 Å². The summed E-state index contributed by atoms with van der Waals surface area (Å²) in [6.07, 6.45) is 0. The molecular formula is C10H21N3O.